The Bertz CT molecular complexity index is 1370. The number of anilines is 1. The number of amides is 1. The summed E-state index contributed by atoms with van der Waals surface area (Å²) in [7, 11) is 0. The molecule has 0 aliphatic carbocycles. The van der Waals surface area contributed by atoms with Crippen molar-refractivity contribution >= 4 is 23.1 Å². The van der Waals surface area contributed by atoms with E-state index in [1.165, 1.54) is 0 Å². The van der Waals surface area contributed by atoms with E-state index in [1.807, 2.05) is 75.4 Å². The van der Waals surface area contributed by atoms with Crippen LogP contribution in [0.2, 0.25) is 0 Å². The molecule has 4 heterocycles. The van der Waals surface area contributed by atoms with E-state index in [-0.39, 0.29) is 12.1 Å². The number of carbonyl (C=O) groups excluding carboxylic acids is 1. The Kier molecular flexibility index (Phi) is 6.22. The van der Waals surface area contributed by atoms with Crippen molar-refractivity contribution in [2.45, 2.75) is 45.3 Å². The predicted molar refractivity (Wildman–Crippen MR) is 141 cm³/mol. The molecule has 3 N–H and O–H groups in total. The molecule has 1 aliphatic rings. The summed E-state index contributed by atoms with van der Waals surface area (Å²) in [6.45, 7) is 7.00. The third kappa shape index (κ3) is 4.95. The monoisotopic (exact) mass is 485 g/mol. The van der Waals surface area contributed by atoms with Crippen molar-refractivity contribution in [1.29, 1.82) is 0 Å². The number of hydrogen-bond donors (Lipinski definition) is 2. The zero-order valence-corrected chi connectivity index (χ0v) is 20.8. The van der Waals surface area contributed by atoms with Gasteiger partial charge >= 0.3 is 6.09 Å². The second kappa shape index (κ2) is 9.49. The SMILES string of the molecule is CC(C)(C)OC(=O)NC1CCN(n2c(-c3cccnc3N)nc3ccc(-c4ccccc4)nc32)CC1. The van der Waals surface area contributed by atoms with Gasteiger partial charge in [0.1, 0.15) is 16.9 Å². The lowest BCUT2D eigenvalue weighted by Gasteiger charge is -2.35. The molecule has 3 aromatic heterocycles. The maximum atomic E-state index is 12.3. The number of pyridine rings is 2. The highest BCUT2D eigenvalue weighted by atomic mass is 16.6. The number of nitrogens with zero attached hydrogens (tertiary/aromatic N) is 5. The highest BCUT2D eigenvalue weighted by Crippen LogP contribution is 2.30. The van der Waals surface area contributed by atoms with Crippen LogP contribution in [0.3, 0.4) is 0 Å². The molecule has 0 atom stereocenters. The summed E-state index contributed by atoms with van der Waals surface area (Å²) >= 11 is 0. The third-order valence-electron chi connectivity index (χ3n) is 6.11. The minimum atomic E-state index is -0.527. The maximum Gasteiger partial charge on any atom is 0.407 e. The van der Waals surface area contributed by atoms with Gasteiger partial charge in [-0.3, -0.25) is 0 Å². The van der Waals surface area contributed by atoms with Crippen LogP contribution >= 0.6 is 0 Å². The third-order valence-corrected chi connectivity index (χ3v) is 6.11. The minimum Gasteiger partial charge on any atom is -0.444 e. The van der Waals surface area contributed by atoms with Gasteiger partial charge in [0.15, 0.2) is 11.5 Å². The lowest BCUT2D eigenvalue weighted by atomic mass is 10.1. The molecule has 0 radical (unpaired) electrons. The van der Waals surface area contributed by atoms with Crippen LogP contribution in [-0.4, -0.2) is 50.5 Å². The topological polar surface area (TPSA) is 111 Å². The van der Waals surface area contributed by atoms with Gasteiger partial charge in [-0.1, -0.05) is 30.3 Å². The number of fused-ring (bicyclic) bond motifs is 1. The van der Waals surface area contributed by atoms with Crippen molar-refractivity contribution in [2.24, 2.45) is 0 Å². The second-order valence-electron chi connectivity index (χ2n) is 9.96. The molecule has 0 spiro atoms. The van der Waals surface area contributed by atoms with Crippen molar-refractivity contribution in [3.63, 3.8) is 0 Å². The first-order chi connectivity index (χ1) is 17.3. The van der Waals surface area contributed by atoms with Gasteiger partial charge in [-0.05, 0) is 57.9 Å². The molecule has 4 aromatic rings. The molecule has 0 unspecified atom stereocenters. The Morgan fingerprint density at radius 2 is 1.78 bits per heavy atom. The highest BCUT2D eigenvalue weighted by Gasteiger charge is 2.27. The highest BCUT2D eigenvalue weighted by molar-refractivity contribution is 5.82. The van der Waals surface area contributed by atoms with Gasteiger partial charge in [0.25, 0.3) is 0 Å². The molecule has 9 nitrogen and oxygen atoms in total. The van der Waals surface area contributed by atoms with Crippen LogP contribution in [0.15, 0.2) is 60.8 Å². The van der Waals surface area contributed by atoms with Crippen LogP contribution in [0, 0.1) is 0 Å². The number of imidazole rings is 1. The van der Waals surface area contributed by atoms with Gasteiger partial charge in [0.2, 0.25) is 0 Å². The fourth-order valence-corrected chi connectivity index (χ4v) is 4.45. The molecule has 186 valence electrons. The Labute approximate surface area is 210 Å². The summed E-state index contributed by atoms with van der Waals surface area (Å²) in [5.74, 6) is 1.12. The summed E-state index contributed by atoms with van der Waals surface area (Å²) in [5, 5.41) is 5.22. The first-order valence-corrected chi connectivity index (χ1v) is 12.2. The average Bonchev–Trinajstić information content (AvgIpc) is 3.22. The normalized spacial score (nSPS) is 14.7. The summed E-state index contributed by atoms with van der Waals surface area (Å²) in [5.41, 5.74) is 9.93. The van der Waals surface area contributed by atoms with Crippen LogP contribution in [0.1, 0.15) is 33.6 Å². The molecule has 9 heteroatoms. The molecular weight excluding hydrogens is 454 g/mol. The number of hydrogen-bond acceptors (Lipinski definition) is 7. The van der Waals surface area contributed by atoms with E-state index >= 15 is 0 Å². The summed E-state index contributed by atoms with van der Waals surface area (Å²) in [4.78, 5) is 26.5. The Hall–Kier alpha value is -4.14. The number of nitrogens with two attached hydrogens (primary N) is 1. The summed E-state index contributed by atoms with van der Waals surface area (Å²) in [6, 6.07) is 17.9. The standard InChI is InChI=1S/C27H31N7O2/c1-27(2,3)36-26(35)30-19-13-16-33(17-14-19)34-24(20-10-7-15-29-23(20)28)32-22-12-11-21(31-25(22)34)18-8-5-4-6-9-18/h4-12,15,19H,13-14,16-17H2,1-3H3,(H2,28,29)(H,30,35). The number of piperidine rings is 1. The molecule has 0 bridgehead atoms. The minimum absolute atomic E-state index is 0.0330. The van der Waals surface area contributed by atoms with Gasteiger partial charge < -0.3 is 20.8 Å². The van der Waals surface area contributed by atoms with Crippen LogP contribution in [-0.2, 0) is 4.74 Å². The van der Waals surface area contributed by atoms with E-state index in [0.29, 0.717) is 24.7 Å². The van der Waals surface area contributed by atoms with Crippen LogP contribution in [0.4, 0.5) is 10.6 Å². The number of alkyl carbamates (subject to hydrolysis) is 1. The van der Waals surface area contributed by atoms with Gasteiger partial charge in [-0.15, -0.1) is 0 Å². The van der Waals surface area contributed by atoms with Crippen molar-refractivity contribution < 1.29 is 9.53 Å². The summed E-state index contributed by atoms with van der Waals surface area (Å²) < 4.78 is 7.49. The summed E-state index contributed by atoms with van der Waals surface area (Å²) in [6.07, 6.45) is 2.82. The first-order valence-electron chi connectivity index (χ1n) is 12.2. The number of rotatable bonds is 4. The van der Waals surface area contributed by atoms with Gasteiger partial charge in [0, 0.05) is 30.9 Å². The molecular formula is C27H31N7O2. The Morgan fingerprint density at radius 3 is 2.47 bits per heavy atom. The van der Waals surface area contributed by atoms with E-state index in [1.54, 1.807) is 6.20 Å². The second-order valence-corrected chi connectivity index (χ2v) is 9.96. The lowest BCUT2D eigenvalue weighted by Crippen LogP contribution is -2.49. The Morgan fingerprint density at radius 1 is 1.03 bits per heavy atom. The number of nitrogens with one attached hydrogen (secondary N) is 1. The van der Waals surface area contributed by atoms with E-state index in [9.17, 15) is 4.79 Å². The maximum absolute atomic E-state index is 12.3. The number of carbonyl (C=O) groups is 1. The smallest absolute Gasteiger partial charge is 0.407 e. The lowest BCUT2D eigenvalue weighted by molar-refractivity contribution is 0.0495. The van der Waals surface area contributed by atoms with Crippen molar-refractivity contribution in [2.75, 3.05) is 23.8 Å². The van der Waals surface area contributed by atoms with Crippen molar-refractivity contribution in [3.8, 4) is 22.6 Å². The molecule has 1 fully saturated rings. The van der Waals surface area contributed by atoms with Gasteiger partial charge in [0.05, 0.1) is 11.3 Å². The van der Waals surface area contributed by atoms with E-state index in [0.717, 1.165) is 40.8 Å². The predicted octanol–water partition coefficient (Wildman–Crippen LogP) is 4.37. The van der Waals surface area contributed by atoms with E-state index in [2.05, 4.69) is 20.0 Å². The molecule has 1 aliphatic heterocycles. The average molecular weight is 486 g/mol. The molecule has 1 saturated heterocycles. The van der Waals surface area contributed by atoms with Gasteiger partial charge in [-0.25, -0.2) is 24.4 Å². The zero-order chi connectivity index (χ0) is 25.3. The van der Waals surface area contributed by atoms with Crippen molar-refractivity contribution in [3.05, 3.63) is 60.8 Å². The van der Waals surface area contributed by atoms with Gasteiger partial charge in [-0.2, -0.15) is 0 Å². The molecule has 1 aromatic carbocycles. The van der Waals surface area contributed by atoms with Crippen LogP contribution in [0.25, 0.3) is 33.8 Å². The fraction of sp³-hybridized carbons (Fsp3) is 0.333. The molecule has 36 heavy (non-hydrogen) atoms. The first kappa shape index (κ1) is 23.6. The number of benzene rings is 1. The molecule has 1 amide bonds. The fourth-order valence-electron chi connectivity index (χ4n) is 4.45. The van der Waals surface area contributed by atoms with E-state index < -0.39 is 5.60 Å². The number of ether oxygens (including phenoxy) is 1. The largest absolute Gasteiger partial charge is 0.444 e. The quantitative estimate of drug-likeness (QED) is 0.442. The Balaban J connectivity index is 1.48. The van der Waals surface area contributed by atoms with E-state index in [4.69, 9.17) is 20.4 Å². The molecule has 5 rings (SSSR count). The molecule has 0 saturated carbocycles. The van der Waals surface area contributed by atoms with Crippen LogP contribution < -0.4 is 16.1 Å². The number of nitrogen functional groups attached to an aromatic ring is 1. The number of aromatic nitrogens is 4. The van der Waals surface area contributed by atoms with Crippen molar-refractivity contribution in [1.82, 2.24) is 24.9 Å². The zero-order valence-electron chi connectivity index (χ0n) is 20.8. The van der Waals surface area contributed by atoms with Crippen LogP contribution in [0.5, 0.6) is 0 Å².